The van der Waals surface area contributed by atoms with E-state index in [-0.39, 0.29) is 6.54 Å². The van der Waals surface area contributed by atoms with Gasteiger partial charge in [0.2, 0.25) is 0 Å². The van der Waals surface area contributed by atoms with Gasteiger partial charge in [-0.05, 0) is 19.5 Å². The van der Waals surface area contributed by atoms with Gasteiger partial charge in [0.25, 0.3) is 5.92 Å². The molecule has 1 atom stereocenters. The average Bonchev–Trinajstić information content (AvgIpc) is 1.94. The molecule has 0 bridgehead atoms. The molecule has 0 radical (unpaired) electrons. The van der Waals surface area contributed by atoms with Gasteiger partial charge in [-0.1, -0.05) is 6.92 Å². The Morgan fingerprint density at radius 2 is 2.36 bits per heavy atom. The Morgan fingerprint density at radius 3 is 2.91 bits per heavy atom. The maximum atomic E-state index is 12.9. The lowest BCUT2D eigenvalue weighted by Gasteiger charge is -2.32. The molecule has 1 fully saturated rings. The highest BCUT2D eigenvalue weighted by atomic mass is 19.3. The van der Waals surface area contributed by atoms with Gasteiger partial charge in [-0.2, -0.15) is 0 Å². The van der Waals surface area contributed by atoms with Gasteiger partial charge in [-0.25, -0.2) is 8.78 Å². The Kier molecular flexibility index (Phi) is 2.78. The Labute approximate surface area is 65.4 Å². The second-order valence-corrected chi connectivity index (χ2v) is 2.84. The number of piperidine rings is 1. The van der Waals surface area contributed by atoms with E-state index in [0.29, 0.717) is 19.5 Å². The molecule has 0 saturated carbocycles. The third-order valence-corrected chi connectivity index (χ3v) is 1.93. The molecule has 0 spiro atoms. The van der Waals surface area contributed by atoms with Crippen LogP contribution < -0.4 is 10.6 Å². The van der Waals surface area contributed by atoms with Gasteiger partial charge in [0.15, 0.2) is 0 Å². The molecule has 0 aromatic heterocycles. The molecule has 2 N–H and O–H groups in total. The summed E-state index contributed by atoms with van der Waals surface area (Å²) in [4.78, 5) is 0. The summed E-state index contributed by atoms with van der Waals surface area (Å²) in [5, 5.41) is 5.46. The molecule has 4 heteroatoms. The summed E-state index contributed by atoms with van der Waals surface area (Å²) in [6, 6.07) is -0.631. The van der Waals surface area contributed by atoms with Crippen LogP contribution in [0.4, 0.5) is 8.78 Å². The fourth-order valence-corrected chi connectivity index (χ4v) is 1.33. The van der Waals surface area contributed by atoms with Crippen LogP contribution in [0.5, 0.6) is 0 Å². The fourth-order valence-electron chi connectivity index (χ4n) is 1.33. The van der Waals surface area contributed by atoms with E-state index in [2.05, 4.69) is 10.6 Å². The molecule has 0 amide bonds. The minimum atomic E-state index is -2.58. The Morgan fingerprint density at radius 1 is 1.64 bits per heavy atom. The van der Waals surface area contributed by atoms with Gasteiger partial charge in [0, 0.05) is 0 Å². The minimum Gasteiger partial charge on any atom is -0.311 e. The van der Waals surface area contributed by atoms with Crippen molar-refractivity contribution in [2.24, 2.45) is 0 Å². The molecule has 11 heavy (non-hydrogen) atoms. The van der Waals surface area contributed by atoms with Gasteiger partial charge in [-0.3, -0.25) is 0 Å². The maximum Gasteiger partial charge on any atom is 0.275 e. The smallest absolute Gasteiger partial charge is 0.275 e. The van der Waals surface area contributed by atoms with Crippen molar-refractivity contribution < 1.29 is 8.78 Å². The molecular formula is C7H14F2N2. The highest BCUT2D eigenvalue weighted by Crippen LogP contribution is 2.22. The van der Waals surface area contributed by atoms with Crippen molar-refractivity contribution in [1.82, 2.24) is 10.6 Å². The predicted molar refractivity (Wildman–Crippen MR) is 39.9 cm³/mol. The molecule has 0 aromatic carbocycles. The molecule has 0 aromatic rings. The zero-order chi connectivity index (χ0) is 8.32. The quantitative estimate of drug-likeness (QED) is 0.624. The van der Waals surface area contributed by atoms with Crippen LogP contribution in [-0.2, 0) is 0 Å². The number of nitrogens with one attached hydrogen (secondary N) is 2. The van der Waals surface area contributed by atoms with Gasteiger partial charge in [0.1, 0.15) is 0 Å². The molecule has 0 aliphatic carbocycles. The van der Waals surface area contributed by atoms with E-state index in [1.807, 2.05) is 6.92 Å². The first kappa shape index (κ1) is 8.87. The topological polar surface area (TPSA) is 24.1 Å². The lowest BCUT2D eigenvalue weighted by molar-refractivity contribution is -0.0506. The van der Waals surface area contributed by atoms with Crippen molar-refractivity contribution in [2.75, 3.05) is 19.6 Å². The molecule has 1 unspecified atom stereocenters. The number of hydrogen-bond donors (Lipinski definition) is 2. The molecule has 1 rings (SSSR count). The first-order valence-corrected chi connectivity index (χ1v) is 3.98. The summed E-state index contributed by atoms with van der Waals surface area (Å²) in [5.41, 5.74) is 0. The van der Waals surface area contributed by atoms with Crippen molar-refractivity contribution in [3.63, 3.8) is 0 Å². The van der Waals surface area contributed by atoms with Crippen molar-refractivity contribution in [3.8, 4) is 0 Å². The van der Waals surface area contributed by atoms with Crippen LogP contribution >= 0.6 is 0 Å². The average molecular weight is 164 g/mol. The Hall–Kier alpha value is -0.220. The summed E-state index contributed by atoms with van der Waals surface area (Å²) in [7, 11) is 0. The zero-order valence-electron chi connectivity index (χ0n) is 6.66. The van der Waals surface area contributed by atoms with Crippen molar-refractivity contribution in [2.45, 2.75) is 25.3 Å². The Balaban J connectivity index is 2.45. The molecule has 1 aliphatic rings. The predicted octanol–water partition coefficient (Wildman–Crippen LogP) is 0.593. The highest BCUT2D eigenvalue weighted by molar-refractivity contribution is 4.89. The van der Waals surface area contributed by atoms with E-state index >= 15 is 0 Å². The lowest BCUT2D eigenvalue weighted by atomic mass is 10.0. The van der Waals surface area contributed by atoms with Crippen molar-refractivity contribution >= 4 is 0 Å². The molecule has 2 nitrogen and oxygen atoms in total. The third-order valence-electron chi connectivity index (χ3n) is 1.93. The van der Waals surface area contributed by atoms with Crippen LogP contribution in [-0.4, -0.2) is 31.6 Å². The molecule has 1 heterocycles. The highest BCUT2D eigenvalue weighted by Gasteiger charge is 2.40. The summed E-state index contributed by atoms with van der Waals surface area (Å²) in [5.74, 6) is -2.58. The number of halogens is 2. The number of hydrogen-bond acceptors (Lipinski definition) is 2. The first-order chi connectivity index (χ1) is 5.17. The monoisotopic (exact) mass is 164 g/mol. The molecule has 66 valence electrons. The summed E-state index contributed by atoms with van der Waals surface area (Å²) < 4.78 is 25.9. The maximum absolute atomic E-state index is 12.9. The standard InChI is InChI=1S/C7H14F2N2/c1-2-11-6-3-4-10-5-7(6,8)9/h6,10-11H,2-5H2,1H3. The van der Waals surface area contributed by atoms with Crippen LogP contribution in [0.25, 0.3) is 0 Å². The molecular weight excluding hydrogens is 150 g/mol. The van der Waals surface area contributed by atoms with E-state index in [1.54, 1.807) is 0 Å². The second kappa shape index (κ2) is 3.45. The van der Waals surface area contributed by atoms with Crippen molar-refractivity contribution in [3.05, 3.63) is 0 Å². The summed E-state index contributed by atoms with van der Waals surface area (Å²) >= 11 is 0. The van der Waals surface area contributed by atoms with E-state index in [0.717, 1.165) is 0 Å². The van der Waals surface area contributed by atoms with E-state index in [9.17, 15) is 8.78 Å². The van der Waals surface area contributed by atoms with Gasteiger partial charge in [-0.15, -0.1) is 0 Å². The van der Waals surface area contributed by atoms with Crippen molar-refractivity contribution in [1.29, 1.82) is 0 Å². The van der Waals surface area contributed by atoms with Crippen LogP contribution in [0.15, 0.2) is 0 Å². The van der Waals surface area contributed by atoms with E-state index < -0.39 is 12.0 Å². The zero-order valence-corrected chi connectivity index (χ0v) is 6.66. The number of alkyl halides is 2. The van der Waals surface area contributed by atoms with Crippen LogP contribution in [0, 0.1) is 0 Å². The van der Waals surface area contributed by atoms with Crippen LogP contribution in [0.1, 0.15) is 13.3 Å². The fraction of sp³-hybridized carbons (Fsp3) is 1.00. The normalized spacial score (nSPS) is 30.3. The molecule has 1 saturated heterocycles. The Bertz CT molecular complexity index is 126. The van der Waals surface area contributed by atoms with Crippen LogP contribution in [0.3, 0.4) is 0 Å². The van der Waals surface area contributed by atoms with Gasteiger partial charge in [0.05, 0.1) is 12.6 Å². The van der Waals surface area contributed by atoms with Crippen LogP contribution in [0.2, 0.25) is 0 Å². The van der Waals surface area contributed by atoms with E-state index in [4.69, 9.17) is 0 Å². The third kappa shape index (κ3) is 2.10. The van der Waals surface area contributed by atoms with E-state index in [1.165, 1.54) is 0 Å². The summed E-state index contributed by atoms with van der Waals surface area (Å²) in [6.45, 7) is 2.95. The first-order valence-electron chi connectivity index (χ1n) is 3.98. The molecule has 1 aliphatic heterocycles. The summed E-state index contributed by atoms with van der Waals surface area (Å²) in [6.07, 6.45) is 0.515. The van der Waals surface area contributed by atoms with Gasteiger partial charge >= 0.3 is 0 Å². The second-order valence-electron chi connectivity index (χ2n) is 2.84. The lowest BCUT2D eigenvalue weighted by Crippen LogP contribution is -2.55. The van der Waals surface area contributed by atoms with Gasteiger partial charge < -0.3 is 10.6 Å². The largest absolute Gasteiger partial charge is 0.311 e. The minimum absolute atomic E-state index is 0.190. The SMILES string of the molecule is CCNC1CCNCC1(F)F. The number of rotatable bonds is 2.